The van der Waals surface area contributed by atoms with E-state index in [4.69, 9.17) is 10.5 Å². The fraction of sp³-hybridized carbons (Fsp3) is 0.900. The van der Waals surface area contributed by atoms with Crippen molar-refractivity contribution in [1.82, 2.24) is 10.2 Å². The monoisotopic (exact) mass is 251 g/mol. The largest absolute Gasteiger partial charge is 0.366 e. The number of alkyl halides is 2. The Morgan fingerprint density at radius 1 is 1.65 bits per heavy atom. The van der Waals surface area contributed by atoms with E-state index in [1.807, 2.05) is 11.8 Å². The van der Waals surface area contributed by atoms with Crippen LogP contribution in [-0.2, 0) is 9.53 Å². The summed E-state index contributed by atoms with van der Waals surface area (Å²) in [6, 6.07) is 0. The van der Waals surface area contributed by atoms with Gasteiger partial charge in [0.15, 0.2) is 0 Å². The zero-order valence-electron chi connectivity index (χ0n) is 9.92. The Hall–Kier alpha value is -0.790. The molecule has 0 saturated carbocycles. The van der Waals surface area contributed by atoms with Crippen molar-refractivity contribution in [3.8, 4) is 0 Å². The Labute approximate surface area is 99.3 Å². The van der Waals surface area contributed by atoms with Crippen LogP contribution in [0.5, 0.6) is 0 Å². The number of nitrogens with zero attached hydrogens (tertiary/aromatic N) is 1. The maximum atomic E-state index is 12.8. The number of halogens is 2. The number of hydrogen-bond donors (Lipinski definition) is 2. The van der Waals surface area contributed by atoms with E-state index in [0.717, 1.165) is 13.1 Å². The van der Waals surface area contributed by atoms with Crippen LogP contribution in [0.15, 0.2) is 0 Å². The molecule has 1 rings (SSSR count). The van der Waals surface area contributed by atoms with Crippen molar-refractivity contribution in [1.29, 1.82) is 0 Å². The molecule has 1 fully saturated rings. The average Bonchev–Trinajstić information content (AvgIpc) is 2.36. The van der Waals surface area contributed by atoms with E-state index in [2.05, 4.69) is 5.32 Å². The van der Waals surface area contributed by atoms with E-state index in [1.165, 1.54) is 0 Å². The molecule has 5 nitrogen and oxygen atoms in total. The van der Waals surface area contributed by atoms with Crippen LogP contribution in [-0.4, -0.2) is 62.2 Å². The Bertz CT molecular complexity index is 264. The molecule has 7 heteroatoms. The molecule has 0 bridgehead atoms. The number of likely N-dealkylation sites (N-methyl/N-ethyl adjacent to an activating group) is 1. The summed E-state index contributed by atoms with van der Waals surface area (Å²) in [5, 5.41) is 2.17. The number of carbonyl (C=O) groups excluding carboxylic acids is 1. The highest BCUT2D eigenvalue weighted by atomic mass is 19.3. The third-order valence-electron chi connectivity index (χ3n) is 2.71. The van der Waals surface area contributed by atoms with Gasteiger partial charge in [-0.05, 0) is 6.54 Å². The highest BCUT2D eigenvalue weighted by Gasteiger charge is 2.31. The lowest BCUT2D eigenvalue weighted by Gasteiger charge is -2.31. The molecular weight excluding hydrogens is 232 g/mol. The van der Waals surface area contributed by atoms with Crippen molar-refractivity contribution in [2.45, 2.75) is 19.0 Å². The summed E-state index contributed by atoms with van der Waals surface area (Å²) in [6.45, 7) is 2.91. The van der Waals surface area contributed by atoms with Crippen molar-refractivity contribution < 1.29 is 18.3 Å². The molecule has 1 heterocycles. The standard InChI is InChI=1S/C10H19F2N3O2/c1-2-15-3-4-17-8(5-15)9(16)14-7-10(11,12)6-13/h8H,2-7,13H2,1H3,(H,14,16). The van der Waals surface area contributed by atoms with E-state index in [-0.39, 0.29) is 0 Å². The molecule has 1 atom stereocenters. The second-order valence-corrected chi connectivity index (χ2v) is 4.03. The smallest absolute Gasteiger partial charge is 0.277 e. The molecule has 1 amide bonds. The molecule has 0 aliphatic carbocycles. The van der Waals surface area contributed by atoms with Gasteiger partial charge in [-0.2, -0.15) is 0 Å². The molecule has 0 aromatic heterocycles. The first-order valence-electron chi connectivity index (χ1n) is 5.68. The van der Waals surface area contributed by atoms with E-state index in [1.54, 1.807) is 0 Å². The van der Waals surface area contributed by atoms with E-state index >= 15 is 0 Å². The predicted molar refractivity (Wildman–Crippen MR) is 58.9 cm³/mol. The third-order valence-corrected chi connectivity index (χ3v) is 2.71. The van der Waals surface area contributed by atoms with Crippen LogP contribution in [0, 0.1) is 0 Å². The molecule has 0 aromatic rings. The number of nitrogens with two attached hydrogens (primary N) is 1. The Kier molecular flexibility index (Phi) is 5.23. The molecule has 1 aliphatic heterocycles. The van der Waals surface area contributed by atoms with Crippen LogP contribution >= 0.6 is 0 Å². The van der Waals surface area contributed by atoms with Gasteiger partial charge >= 0.3 is 0 Å². The molecule has 0 spiro atoms. The number of amides is 1. The summed E-state index contributed by atoms with van der Waals surface area (Å²) in [7, 11) is 0. The molecule has 3 N–H and O–H groups in total. The minimum Gasteiger partial charge on any atom is -0.366 e. The van der Waals surface area contributed by atoms with Gasteiger partial charge < -0.3 is 15.8 Å². The highest BCUT2D eigenvalue weighted by Crippen LogP contribution is 2.10. The number of carbonyl (C=O) groups is 1. The van der Waals surface area contributed by atoms with Crippen molar-refractivity contribution in [3.63, 3.8) is 0 Å². The Morgan fingerprint density at radius 3 is 2.94 bits per heavy atom. The summed E-state index contributed by atoms with van der Waals surface area (Å²) in [5.41, 5.74) is 4.87. The zero-order valence-corrected chi connectivity index (χ0v) is 9.92. The second-order valence-electron chi connectivity index (χ2n) is 4.03. The zero-order chi connectivity index (χ0) is 12.9. The van der Waals surface area contributed by atoms with Gasteiger partial charge in [-0.1, -0.05) is 6.92 Å². The minimum absolute atomic E-state index is 0.441. The van der Waals surface area contributed by atoms with Crippen LogP contribution in [0.4, 0.5) is 8.78 Å². The first-order chi connectivity index (χ1) is 7.98. The predicted octanol–water partition coefficient (Wildman–Crippen LogP) is -0.583. The number of rotatable bonds is 5. The van der Waals surface area contributed by atoms with Crippen molar-refractivity contribution in [2.24, 2.45) is 5.73 Å². The van der Waals surface area contributed by atoms with Crippen molar-refractivity contribution >= 4 is 5.91 Å². The number of morpholine rings is 1. The van der Waals surface area contributed by atoms with Gasteiger partial charge in [0.1, 0.15) is 6.10 Å². The topological polar surface area (TPSA) is 67.6 Å². The number of hydrogen-bond acceptors (Lipinski definition) is 4. The molecule has 0 aromatic carbocycles. The molecule has 1 saturated heterocycles. The second kappa shape index (κ2) is 6.23. The van der Waals surface area contributed by atoms with E-state index in [9.17, 15) is 13.6 Å². The molecule has 1 aliphatic rings. The van der Waals surface area contributed by atoms with Gasteiger partial charge in [-0.3, -0.25) is 9.69 Å². The summed E-state index contributed by atoms with van der Waals surface area (Å²) < 4.78 is 30.9. The lowest BCUT2D eigenvalue weighted by atomic mass is 10.2. The van der Waals surface area contributed by atoms with Crippen molar-refractivity contribution in [3.05, 3.63) is 0 Å². The molecule has 0 radical (unpaired) electrons. The molecule has 17 heavy (non-hydrogen) atoms. The maximum absolute atomic E-state index is 12.8. The minimum atomic E-state index is -3.06. The van der Waals surface area contributed by atoms with Crippen LogP contribution in [0.25, 0.3) is 0 Å². The third kappa shape index (κ3) is 4.53. The van der Waals surface area contributed by atoms with Gasteiger partial charge in [0.25, 0.3) is 11.8 Å². The highest BCUT2D eigenvalue weighted by molar-refractivity contribution is 5.81. The van der Waals surface area contributed by atoms with Gasteiger partial charge in [0.2, 0.25) is 0 Å². The van der Waals surface area contributed by atoms with Crippen LogP contribution in [0.2, 0.25) is 0 Å². The summed E-state index contributed by atoms with van der Waals surface area (Å²) in [6.07, 6.45) is -0.669. The lowest BCUT2D eigenvalue weighted by Crippen LogP contribution is -2.52. The number of nitrogens with one attached hydrogen (secondary N) is 1. The normalized spacial score (nSPS) is 22.5. The van der Waals surface area contributed by atoms with Crippen LogP contribution in [0.3, 0.4) is 0 Å². The summed E-state index contributed by atoms with van der Waals surface area (Å²) in [4.78, 5) is 13.6. The van der Waals surface area contributed by atoms with E-state index < -0.39 is 31.0 Å². The quantitative estimate of drug-likeness (QED) is 0.686. The number of ether oxygens (including phenoxy) is 1. The maximum Gasteiger partial charge on any atom is 0.277 e. The first kappa shape index (κ1) is 14.3. The van der Waals surface area contributed by atoms with Gasteiger partial charge in [-0.15, -0.1) is 0 Å². The van der Waals surface area contributed by atoms with Crippen LogP contribution < -0.4 is 11.1 Å². The van der Waals surface area contributed by atoms with Crippen molar-refractivity contribution in [2.75, 3.05) is 39.3 Å². The van der Waals surface area contributed by atoms with Crippen LogP contribution in [0.1, 0.15) is 6.92 Å². The van der Waals surface area contributed by atoms with Gasteiger partial charge in [-0.25, -0.2) is 8.78 Å². The lowest BCUT2D eigenvalue weighted by molar-refractivity contribution is -0.140. The van der Waals surface area contributed by atoms with Gasteiger partial charge in [0, 0.05) is 13.1 Å². The Morgan fingerprint density at radius 2 is 2.35 bits per heavy atom. The first-order valence-corrected chi connectivity index (χ1v) is 5.68. The van der Waals surface area contributed by atoms with E-state index in [0.29, 0.717) is 13.2 Å². The molecular formula is C10H19F2N3O2. The SMILES string of the molecule is CCN1CCOC(C(=O)NCC(F)(F)CN)C1. The molecule has 100 valence electrons. The molecule has 1 unspecified atom stereocenters. The fourth-order valence-corrected chi connectivity index (χ4v) is 1.55. The summed E-state index contributed by atoms with van der Waals surface area (Å²) >= 11 is 0. The fourth-order valence-electron chi connectivity index (χ4n) is 1.55. The van der Waals surface area contributed by atoms with Gasteiger partial charge in [0.05, 0.1) is 19.7 Å². The summed E-state index contributed by atoms with van der Waals surface area (Å²) in [5.74, 6) is -3.56. The average molecular weight is 251 g/mol. The Balaban J connectivity index is 2.37.